The Kier molecular flexibility index (Phi) is 5.69. The van der Waals surface area contributed by atoms with E-state index in [9.17, 15) is 23.1 Å². The highest BCUT2D eigenvalue weighted by molar-refractivity contribution is 5.90. The summed E-state index contributed by atoms with van der Waals surface area (Å²) in [7, 11) is 1.92. The van der Waals surface area contributed by atoms with Crippen LogP contribution in [0.1, 0.15) is 18.0 Å². The van der Waals surface area contributed by atoms with Crippen molar-refractivity contribution in [2.45, 2.75) is 18.5 Å². The van der Waals surface area contributed by atoms with Crippen molar-refractivity contribution in [1.82, 2.24) is 4.90 Å². The van der Waals surface area contributed by atoms with Crippen molar-refractivity contribution in [1.29, 1.82) is 0 Å². The average molecular weight is 467 g/mol. The van der Waals surface area contributed by atoms with Gasteiger partial charge in [-0.25, -0.2) is 18.0 Å². The van der Waals surface area contributed by atoms with Gasteiger partial charge in [0.2, 0.25) is 0 Å². The molecule has 3 aromatic carbocycles. The SMILES string of the molecule is CN1c2ccc(-c3ccc(F)cc3)cc2[C@H]2[C@H](CCN2C(=O)Nc2cc(F)ccc2F)[C@@H]1CO. The van der Waals surface area contributed by atoms with E-state index in [-0.39, 0.29) is 36.1 Å². The minimum Gasteiger partial charge on any atom is -0.394 e. The number of halogens is 3. The van der Waals surface area contributed by atoms with Gasteiger partial charge in [0.1, 0.15) is 17.5 Å². The molecule has 0 bridgehead atoms. The molecule has 2 amide bonds. The molecule has 8 heteroatoms. The molecule has 2 aliphatic heterocycles. The molecule has 2 heterocycles. The van der Waals surface area contributed by atoms with E-state index in [0.29, 0.717) is 13.0 Å². The number of nitrogens with one attached hydrogen (secondary N) is 1. The van der Waals surface area contributed by atoms with E-state index < -0.39 is 17.7 Å². The predicted molar refractivity (Wildman–Crippen MR) is 124 cm³/mol. The highest BCUT2D eigenvalue weighted by Gasteiger charge is 2.47. The normalized spacial score (nSPS) is 21.3. The Morgan fingerprint density at radius 3 is 2.44 bits per heavy atom. The number of aliphatic hydroxyl groups is 1. The zero-order valence-corrected chi connectivity index (χ0v) is 18.5. The first-order valence-electron chi connectivity index (χ1n) is 11.1. The number of amides is 2. The van der Waals surface area contributed by atoms with Crippen molar-refractivity contribution in [3.8, 4) is 11.1 Å². The average Bonchev–Trinajstić information content (AvgIpc) is 3.27. The fourth-order valence-corrected chi connectivity index (χ4v) is 5.28. The van der Waals surface area contributed by atoms with Gasteiger partial charge in [-0.2, -0.15) is 0 Å². The molecule has 3 atom stereocenters. The number of benzene rings is 3. The first-order valence-corrected chi connectivity index (χ1v) is 11.1. The number of fused-ring (bicyclic) bond motifs is 3. The van der Waals surface area contributed by atoms with E-state index >= 15 is 0 Å². The number of likely N-dealkylation sites (N-methyl/N-ethyl adjacent to an activating group) is 1. The smallest absolute Gasteiger partial charge is 0.322 e. The van der Waals surface area contributed by atoms with Crippen LogP contribution in [0, 0.1) is 23.4 Å². The van der Waals surface area contributed by atoms with Crippen LogP contribution in [0.3, 0.4) is 0 Å². The molecule has 5 rings (SSSR count). The summed E-state index contributed by atoms with van der Waals surface area (Å²) in [5, 5.41) is 12.6. The second kappa shape index (κ2) is 8.68. The second-order valence-corrected chi connectivity index (χ2v) is 8.79. The first-order chi connectivity index (χ1) is 16.4. The minimum absolute atomic E-state index is 0.0472. The number of hydrogen-bond acceptors (Lipinski definition) is 3. The first kappa shape index (κ1) is 22.3. The van der Waals surface area contributed by atoms with Gasteiger partial charge in [-0.05, 0) is 59.5 Å². The summed E-state index contributed by atoms with van der Waals surface area (Å²) in [5.74, 6) is -1.74. The van der Waals surface area contributed by atoms with Crippen LogP contribution in [0.2, 0.25) is 0 Å². The molecule has 1 saturated heterocycles. The molecule has 0 aliphatic carbocycles. The Morgan fingerprint density at radius 1 is 1.00 bits per heavy atom. The van der Waals surface area contributed by atoms with Crippen LogP contribution in [-0.4, -0.2) is 42.3 Å². The van der Waals surface area contributed by atoms with Crippen molar-refractivity contribution < 1.29 is 23.1 Å². The Balaban J connectivity index is 1.54. The molecule has 0 spiro atoms. The fraction of sp³-hybridized carbons (Fsp3) is 0.269. The molecule has 2 N–H and O–H groups in total. The summed E-state index contributed by atoms with van der Waals surface area (Å²) in [5.41, 5.74) is 3.26. The number of carbonyl (C=O) groups is 1. The Morgan fingerprint density at radius 2 is 1.71 bits per heavy atom. The second-order valence-electron chi connectivity index (χ2n) is 8.79. The third-order valence-corrected chi connectivity index (χ3v) is 6.96. The summed E-state index contributed by atoms with van der Waals surface area (Å²) in [6, 6.07) is 13.9. The van der Waals surface area contributed by atoms with E-state index in [4.69, 9.17) is 0 Å². The molecule has 5 nitrogen and oxygen atoms in total. The number of urea groups is 1. The van der Waals surface area contributed by atoms with Crippen LogP contribution in [0.15, 0.2) is 60.7 Å². The van der Waals surface area contributed by atoms with Crippen LogP contribution < -0.4 is 10.2 Å². The molecule has 3 aromatic rings. The van der Waals surface area contributed by atoms with Crippen LogP contribution >= 0.6 is 0 Å². The highest BCUT2D eigenvalue weighted by atomic mass is 19.1. The van der Waals surface area contributed by atoms with Crippen LogP contribution in [-0.2, 0) is 0 Å². The molecule has 0 unspecified atom stereocenters. The summed E-state index contributed by atoms with van der Waals surface area (Å²) < 4.78 is 41.2. The van der Waals surface area contributed by atoms with Crippen LogP contribution in [0.4, 0.5) is 29.3 Å². The summed E-state index contributed by atoms with van der Waals surface area (Å²) in [6.07, 6.45) is 0.652. The largest absolute Gasteiger partial charge is 0.394 e. The summed E-state index contributed by atoms with van der Waals surface area (Å²) in [6.45, 7) is 0.327. The van der Waals surface area contributed by atoms with Crippen LogP contribution in [0.5, 0.6) is 0 Å². The predicted octanol–water partition coefficient (Wildman–Crippen LogP) is 5.18. The van der Waals surface area contributed by atoms with E-state index in [1.807, 2.05) is 30.1 Å². The van der Waals surface area contributed by atoms with Gasteiger partial charge < -0.3 is 20.2 Å². The molecule has 0 radical (unpaired) electrons. The number of carbonyl (C=O) groups excluding carboxylic acids is 1. The summed E-state index contributed by atoms with van der Waals surface area (Å²) in [4.78, 5) is 16.9. The van der Waals surface area contributed by atoms with E-state index in [0.717, 1.165) is 40.6 Å². The van der Waals surface area contributed by atoms with Gasteiger partial charge in [-0.1, -0.05) is 18.2 Å². The van der Waals surface area contributed by atoms with E-state index in [1.54, 1.807) is 17.0 Å². The lowest BCUT2D eigenvalue weighted by molar-refractivity contribution is 0.168. The van der Waals surface area contributed by atoms with Crippen molar-refractivity contribution in [2.75, 3.05) is 30.4 Å². The molecule has 1 fully saturated rings. The van der Waals surface area contributed by atoms with Gasteiger partial charge >= 0.3 is 6.03 Å². The van der Waals surface area contributed by atoms with Crippen molar-refractivity contribution in [3.05, 3.63) is 83.7 Å². The monoisotopic (exact) mass is 467 g/mol. The van der Waals surface area contributed by atoms with Crippen molar-refractivity contribution >= 4 is 17.4 Å². The molecule has 0 aromatic heterocycles. The number of aliphatic hydroxyl groups excluding tert-OH is 1. The zero-order valence-electron chi connectivity index (χ0n) is 18.5. The van der Waals surface area contributed by atoms with Crippen molar-refractivity contribution in [2.24, 2.45) is 5.92 Å². The topological polar surface area (TPSA) is 55.8 Å². The van der Waals surface area contributed by atoms with Crippen LogP contribution in [0.25, 0.3) is 11.1 Å². The van der Waals surface area contributed by atoms with Gasteiger partial charge in [0.25, 0.3) is 0 Å². The number of anilines is 2. The molecule has 2 aliphatic rings. The van der Waals surface area contributed by atoms with Gasteiger partial charge in [-0.3, -0.25) is 0 Å². The fourth-order valence-electron chi connectivity index (χ4n) is 5.28. The number of rotatable bonds is 3. The maximum Gasteiger partial charge on any atom is 0.322 e. The molecule has 176 valence electrons. The third kappa shape index (κ3) is 3.77. The quantitative estimate of drug-likeness (QED) is 0.558. The maximum atomic E-state index is 14.2. The number of hydrogen-bond donors (Lipinski definition) is 2. The molecular formula is C26H24F3N3O2. The van der Waals surface area contributed by atoms with Gasteiger partial charge in [0.05, 0.1) is 24.4 Å². The Hall–Kier alpha value is -3.52. The van der Waals surface area contributed by atoms with E-state index in [2.05, 4.69) is 5.32 Å². The molecular weight excluding hydrogens is 443 g/mol. The lowest BCUT2D eigenvalue weighted by Crippen LogP contribution is -2.48. The van der Waals surface area contributed by atoms with Gasteiger partial charge in [0.15, 0.2) is 0 Å². The Labute approximate surface area is 195 Å². The zero-order chi connectivity index (χ0) is 24.0. The molecule has 0 saturated carbocycles. The number of likely N-dealkylation sites (tertiary alicyclic amines) is 1. The molecule has 34 heavy (non-hydrogen) atoms. The van der Waals surface area contributed by atoms with E-state index in [1.165, 1.54) is 12.1 Å². The van der Waals surface area contributed by atoms with Gasteiger partial charge in [0, 0.05) is 31.3 Å². The minimum atomic E-state index is -0.721. The number of nitrogens with zero attached hydrogens (tertiary/aromatic N) is 2. The van der Waals surface area contributed by atoms with Crippen molar-refractivity contribution in [3.63, 3.8) is 0 Å². The van der Waals surface area contributed by atoms with Gasteiger partial charge in [-0.15, -0.1) is 0 Å². The highest BCUT2D eigenvalue weighted by Crippen LogP contribution is 2.49. The summed E-state index contributed by atoms with van der Waals surface area (Å²) >= 11 is 0. The third-order valence-electron chi connectivity index (χ3n) is 6.96. The standard InChI is InChI=1S/C26H24F3N3O2/c1-31-23-9-4-16(15-2-5-17(27)6-3-15)12-20(23)25-19(24(31)14-33)10-11-32(25)26(34)30-22-13-18(28)7-8-21(22)29/h2-9,12-13,19,24-25,33H,10-11,14H2,1H3,(H,30,34)/t19-,24+,25-/m1/s1. The Bertz CT molecular complexity index is 1230. The lowest BCUT2D eigenvalue weighted by atomic mass is 9.81. The lowest BCUT2D eigenvalue weighted by Gasteiger charge is -2.44. The maximum absolute atomic E-state index is 14.2.